The van der Waals surface area contributed by atoms with E-state index in [0.29, 0.717) is 12.0 Å². The minimum absolute atomic E-state index is 0.00784. The predicted molar refractivity (Wildman–Crippen MR) is 123 cm³/mol. The zero-order valence-corrected chi connectivity index (χ0v) is 17.9. The number of carbonyl (C=O) groups excluding carboxylic acids is 3. The Hall–Kier alpha value is -4.74. The summed E-state index contributed by atoms with van der Waals surface area (Å²) < 4.78 is 0. The first-order valence-electron chi connectivity index (χ1n) is 10.5. The Labute approximate surface area is 192 Å². The van der Waals surface area contributed by atoms with E-state index in [0.717, 1.165) is 39.3 Å². The molecule has 4 amide bonds. The van der Waals surface area contributed by atoms with Crippen molar-refractivity contribution < 1.29 is 14.4 Å². The minimum atomic E-state index is -0.851. The van der Waals surface area contributed by atoms with E-state index in [1.165, 1.54) is 0 Å². The normalized spacial score (nSPS) is 15.5. The van der Waals surface area contributed by atoms with Crippen LogP contribution in [-0.2, 0) is 22.6 Å². The lowest BCUT2D eigenvalue weighted by Crippen LogP contribution is -2.36. The Morgan fingerprint density at radius 1 is 1.03 bits per heavy atom. The van der Waals surface area contributed by atoms with E-state index >= 15 is 0 Å². The summed E-state index contributed by atoms with van der Waals surface area (Å²) in [7, 11) is 0. The maximum absolute atomic E-state index is 12.1. The van der Waals surface area contributed by atoms with Crippen molar-refractivity contribution in [1.29, 1.82) is 5.41 Å². The van der Waals surface area contributed by atoms with E-state index in [1.54, 1.807) is 12.1 Å². The highest BCUT2D eigenvalue weighted by Gasteiger charge is 2.31. The van der Waals surface area contributed by atoms with Gasteiger partial charge in [0.15, 0.2) is 0 Å². The van der Waals surface area contributed by atoms with E-state index in [4.69, 9.17) is 11.1 Å². The summed E-state index contributed by atoms with van der Waals surface area (Å²) in [6.07, 6.45) is 0.331. The van der Waals surface area contributed by atoms with Gasteiger partial charge in [0, 0.05) is 12.1 Å². The molecule has 0 bridgehead atoms. The van der Waals surface area contributed by atoms with Crippen LogP contribution in [0.4, 0.5) is 4.79 Å². The molecule has 12 nitrogen and oxygen atoms in total. The first-order valence-corrected chi connectivity index (χ1v) is 10.5. The molecule has 34 heavy (non-hydrogen) atoms. The van der Waals surface area contributed by atoms with Crippen molar-refractivity contribution in [3.05, 3.63) is 59.2 Å². The highest BCUT2D eigenvalue weighted by molar-refractivity contribution is 6.05. The van der Waals surface area contributed by atoms with E-state index in [2.05, 4.69) is 35.9 Å². The number of nitrogens with one attached hydrogen (secondary N) is 6. The summed E-state index contributed by atoms with van der Waals surface area (Å²) in [5.41, 5.74) is 10.2. The molecule has 0 spiro atoms. The van der Waals surface area contributed by atoms with Crippen molar-refractivity contribution >= 4 is 45.7 Å². The summed E-state index contributed by atoms with van der Waals surface area (Å²) in [6.45, 7) is 0.265. The lowest BCUT2D eigenvalue weighted by atomic mass is 10.1. The Balaban J connectivity index is 1.24. The molecule has 0 radical (unpaired) electrons. The molecule has 1 fully saturated rings. The van der Waals surface area contributed by atoms with Crippen molar-refractivity contribution in [2.45, 2.75) is 25.4 Å². The number of amides is 4. The number of hydrogen-bond donors (Lipinski definition) is 7. The van der Waals surface area contributed by atoms with Gasteiger partial charge in [0.2, 0.25) is 5.91 Å². The van der Waals surface area contributed by atoms with Gasteiger partial charge in [-0.2, -0.15) is 0 Å². The molecule has 5 rings (SSSR count). The number of urea groups is 1. The van der Waals surface area contributed by atoms with Gasteiger partial charge in [-0.05, 0) is 35.9 Å². The Morgan fingerprint density at radius 3 is 2.35 bits per heavy atom. The maximum Gasteiger partial charge on any atom is 0.322 e. The molecule has 12 heteroatoms. The molecule has 3 heterocycles. The summed E-state index contributed by atoms with van der Waals surface area (Å²) in [4.78, 5) is 50.6. The van der Waals surface area contributed by atoms with Crippen LogP contribution in [0.3, 0.4) is 0 Å². The van der Waals surface area contributed by atoms with Crippen LogP contribution >= 0.6 is 0 Å². The number of aromatic nitrogens is 4. The van der Waals surface area contributed by atoms with Gasteiger partial charge < -0.3 is 26.3 Å². The van der Waals surface area contributed by atoms with Crippen molar-refractivity contribution in [3.8, 4) is 0 Å². The van der Waals surface area contributed by atoms with Crippen LogP contribution in [0.2, 0.25) is 0 Å². The second-order valence-corrected chi connectivity index (χ2v) is 8.04. The maximum atomic E-state index is 12.1. The first kappa shape index (κ1) is 21.1. The second kappa shape index (κ2) is 8.31. The molecule has 0 saturated carbocycles. The van der Waals surface area contributed by atoms with Gasteiger partial charge in [-0.15, -0.1) is 0 Å². The van der Waals surface area contributed by atoms with Gasteiger partial charge in [0.25, 0.3) is 5.91 Å². The van der Waals surface area contributed by atoms with Gasteiger partial charge in [-0.1, -0.05) is 6.07 Å². The lowest BCUT2D eigenvalue weighted by molar-refractivity contribution is -0.126. The van der Waals surface area contributed by atoms with E-state index in [1.807, 2.05) is 24.3 Å². The topological polar surface area (TPSA) is 195 Å². The standard InChI is InChI=1S/C22H21N9O3/c23-20(24)11-2-4-13-15(6-11)29-18(27-13)8-17-26-12-3-1-10(5-14(12)28-17)9-25-19(32)7-16-21(33)31-22(34)30-16/h1-6,16H,7-9H2,(H3,23,24)(H,25,32)(H,26,28)(H,27,29)(H2,30,31,33,34). The van der Waals surface area contributed by atoms with Gasteiger partial charge in [-0.25, -0.2) is 14.8 Å². The smallest absolute Gasteiger partial charge is 0.322 e. The average molecular weight is 459 g/mol. The number of nitrogens with zero attached hydrogens (tertiary/aromatic N) is 2. The molecule has 1 saturated heterocycles. The third kappa shape index (κ3) is 4.28. The number of aromatic amines is 2. The molecule has 1 atom stereocenters. The number of fused-ring (bicyclic) bond motifs is 2. The summed E-state index contributed by atoms with van der Waals surface area (Å²) >= 11 is 0. The number of benzene rings is 2. The zero-order valence-electron chi connectivity index (χ0n) is 17.9. The van der Waals surface area contributed by atoms with Gasteiger partial charge in [0.1, 0.15) is 23.5 Å². The van der Waals surface area contributed by atoms with Crippen LogP contribution in [0.5, 0.6) is 0 Å². The summed E-state index contributed by atoms with van der Waals surface area (Å²) in [6, 6.07) is 9.57. The average Bonchev–Trinajstić information content (AvgIpc) is 3.47. The van der Waals surface area contributed by atoms with Crippen LogP contribution in [-0.4, -0.2) is 49.7 Å². The van der Waals surface area contributed by atoms with E-state index in [-0.39, 0.29) is 24.7 Å². The number of amidine groups is 1. The number of hydrogen-bond acceptors (Lipinski definition) is 6. The van der Waals surface area contributed by atoms with Crippen LogP contribution in [0.25, 0.3) is 22.1 Å². The lowest BCUT2D eigenvalue weighted by Gasteiger charge is -2.08. The number of carbonyl (C=O) groups is 3. The Kier molecular flexibility index (Phi) is 5.17. The van der Waals surface area contributed by atoms with E-state index < -0.39 is 18.0 Å². The van der Waals surface area contributed by atoms with Crippen molar-refractivity contribution in [3.63, 3.8) is 0 Å². The minimum Gasteiger partial charge on any atom is -0.384 e. The van der Waals surface area contributed by atoms with Crippen LogP contribution in [0.15, 0.2) is 36.4 Å². The van der Waals surface area contributed by atoms with Crippen LogP contribution in [0, 0.1) is 5.41 Å². The van der Waals surface area contributed by atoms with E-state index in [9.17, 15) is 14.4 Å². The number of imidazole rings is 2. The fraction of sp³-hybridized carbons (Fsp3) is 0.182. The zero-order chi connectivity index (χ0) is 23.8. The number of imide groups is 1. The van der Waals surface area contributed by atoms with Crippen molar-refractivity contribution in [2.75, 3.05) is 0 Å². The molecular weight excluding hydrogens is 438 g/mol. The quantitative estimate of drug-likeness (QED) is 0.120. The number of H-pyrrole nitrogens is 2. The van der Waals surface area contributed by atoms with Gasteiger partial charge in [-0.3, -0.25) is 20.3 Å². The largest absolute Gasteiger partial charge is 0.384 e. The highest BCUT2D eigenvalue weighted by atomic mass is 16.2. The van der Waals surface area contributed by atoms with Gasteiger partial charge >= 0.3 is 6.03 Å². The molecule has 1 aliphatic heterocycles. The van der Waals surface area contributed by atoms with Gasteiger partial charge in [0.05, 0.1) is 34.9 Å². The molecular formula is C22H21N9O3. The van der Waals surface area contributed by atoms with Crippen LogP contribution in [0.1, 0.15) is 29.2 Å². The second-order valence-electron chi connectivity index (χ2n) is 8.04. The SMILES string of the molecule is N=C(N)c1ccc2[nH]c(Cc3nc4cc(CNC(=O)CC5NC(=O)NC5=O)ccc4[nH]3)nc2c1. The highest BCUT2D eigenvalue weighted by Crippen LogP contribution is 2.18. The van der Waals surface area contributed by atoms with Crippen molar-refractivity contribution in [2.24, 2.45) is 5.73 Å². The third-order valence-corrected chi connectivity index (χ3v) is 5.51. The third-order valence-electron chi connectivity index (χ3n) is 5.51. The fourth-order valence-electron chi connectivity index (χ4n) is 3.83. The predicted octanol–water partition coefficient (Wildman–Crippen LogP) is 0.528. The molecule has 4 aromatic rings. The summed E-state index contributed by atoms with van der Waals surface area (Å²) in [5, 5.41) is 14.8. The molecule has 172 valence electrons. The molecule has 8 N–H and O–H groups in total. The fourth-order valence-corrected chi connectivity index (χ4v) is 3.83. The monoisotopic (exact) mass is 459 g/mol. The Morgan fingerprint density at radius 2 is 1.71 bits per heavy atom. The molecule has 1 unspecified atom stereocenters. The molecule has 0 aliphatic carbocycles. The first-order chi connectivity index (χ1) is 16.3. The number of rotatable bonds is 7. The van der Waals surface area contributed by atoms with Crippen molar-refractivity contribution in [1.82, 2.24) is 35.9 Å². The summed E-state index contributed by atoms with van der Waals surface area (Å²) in [5.74, 6) is 0.596. The Bertz CT molecular complexity index is 1470. The molecule has 2 aromatic carbocycles. The molecule has 1 aliphatic rings. The number of nitrogens with two attached hydrogens (primary N) is 1. The van der Waals surface area contributed by atoms with Crippen LogP contribution < -0.4 is 21.7 Å². The number of nitrogen functional groups attached to an aromatic ring is 1. The molecule has 2 aromatic heterocycles.